The SMILES string of the molecule is CN(Cn1nc(-c2ccc(C(C)(C)C)cc2)n(C)c1=S)C1CCS(=O)(=O)C1. The van der Waals surface area contributed by atoms with E-state index in [0.717, 1.165) is 11.4 Å². The standard InChI is InChI=1S/C19H28N4O2S2/c1-19(2,3)15-8-6-14(7-9-15)17-20-23(18(26)22(17)5)13-21(4)16-10-11-27(24,25)12-16/h6-9,16H,10-13H2,1-5H3. The van der Waals surface area contributed by atoms with Crippen LogP contribution in [0, 0.1) is 4.77 Å². The Labute approximate surface area is 166 Å². The molecule has 1 saturated heterocycles. The van der Waals surface area contributed by atoms with Crippen molar-refractivity contribution in [3.8, 4) is 11.4 Å². The van der Waals surface area contributed by atoms with Crippen molar-refractivity contribution in [2.24, 2.45) is 7.05 Å². The number of aromatic nitrogens is 3. The zero-order valence-corrected chi connectivity index (χ0v) is 18.3. The minimum atomic E-state index is -2.91. The maximum Gasteiger partial charge on any atom is 0.199 e. The molecule has 0 bridgehead atoms. The lowest BCUT2D eigenvalue weighted by molar-refractivity contribution is 0.196. The molecule has 1 aliphatic rings. The summed E-state index contributed by atoms with van der Waals surface area (Å²) in [6.45, 7) is 7.05. The van der Waals surface area contributed by atoms with Gasteiger partial charge in [-0.25, -0.2) is 13.1 Å². The Morgan fingerprint density at radius 3 is 2.41 bits per heavy atom. The highest BCUT2D eigenvalue weighted by Crippen LogP contribution is 2.25. The monoisotopic (exact) mass is 408 g/mol. The van der Waals surface area contributed by atoms with E-state index in [1.165, 1.54) is 5.56 Å². The predicted octanol–water partition coefficient (Wildman–Crippen LogP) is 2.99. The number of sulfone groups is 1. The van der Waals surface area contributed by atoms with Crippen LogP contribution in [0.25, 0.3) is 11.4 Å². The van der Waals surface area contributed by atoms with Crippen molar-refractivity contribution in [1.82, 2.24) is 19.2 Å². The Morgan fingerprint density at radius 1 is 1.26 bits per heavy atom. The van der Waals surface area contributed by atoms with Crippen LogP contribution in [0.1, 0.15) is 32.8 Å². The average Bonchev–Trinajstić information content (AvgIpc) is 3.08. The van der Waals surface area contributed by atoms with E-state index in [9.17, 15) is 8.42 Å². The first kappa shape index (κ1) is 20.2. The fraction of sp³-hybridized carbons (Fsp3) is 0.579. The van der Waals surface area contributed by atoms with Gasteiger partial charge in [0.1, 0.15) is 0 Å². The summed E-state index contributed by atoms with van der Waals surface area (Å²) in [4.78, 5) is 2.03. The number of hydrogen-bond donors (Lipinski definition) is 0. The summed E-state index contributed by atoms with van der Waals surface area (Å²) in [7, 11) is 0.938. The molecule has 3 rings (SSSR count). The highest BCUT2D eigenvalue weighted by molar-refractivity contribution is 7.91. The van der Waals surface area contributed by atoms with E-state index in [1.54, 1.807) is 4.68 Å². The molecule has 1 aliphatic heterocycles. The van der Waals surface area contributed by atoms with Gasteiger partial charge < -0.3 is 4.57 Å². The number of benzene rings is 1. The van der Waals surface area contributed by atoms with Crippen LogP contribution in [0.2, 0.25) is 0 Å². The van der Waals surface area contributed by atoms with E-state index >= 15 is 0 Å². The summed E-state index contributed by atoms with van der Waals surface area (Å²) in [6.07, 6.45) is 0.667. The molecule has 2 aromatic rings. The molecule has 27 heavy (non-hydrogen) atoms. The van der Waals surface area contributed by atoms with Crippen LogP contribution >= 0.6 is 12.2 Å². The molecule has 148 valence electrons. The Kier molecular flexibility index (Phi) is 5.35. The van der Waals surface area contributed by atoms with Gasteiger partial charge in [0, 0.05) is 18.7 Å². The van der Waals surface area contributed by atoms with E-state index in [4.69, 9.17) is 17.3 Å². The second kappa shape index (κ2) is 7.14. The van der Waals surface area contributed by atoms with Gasteiger partial charge in [-0.2, -0.15) is 5.10 Å². The molecule has 1 unspecified atom stereocenters. The van der Waals surface area contributed by atoms with E-state index in [1.807, 2.05) is 23.6 Å². The molecule has 8 heteroatoms. The molecule has 0 amide bonds. The molecule has 2 heterocycles. The van der Waals surface area contributed by atoms with Crippen LogP contribution in [0.4, 0.5) is 0 Å². The normalized spacial score (nSPS) is 19.7. The van der Waals surface area contributed by atoms with Crippen molar-refractivity contribution in [2.45, 2.75) is 45.3 Å². The smallest absolute Gasteiger partial charge is 0.199 e. The molecule has 0 spiro atoms. The van der Waals surface area contributed by atoms with Gasteiger partial charge in [-0.3, -0.25) is 4.90 Å². The van der Waals surface area contributed by atoms with Crippen molar-refractivity contribution >= 4 is 22.1 Å². The molecular formula is C19H28N4O2S2. The van der Waals surface area contributed by atoms with E-state index in [-0.39, 0.29) is 23.0 Å². The number of hydrogen-bond acceptors (Lipinski definition) is 5. The summed E-state index contributed by atoms with van der Waals surface area (Å²) < 4.78 is 27.8. The number of rotatable bonds is 4. The maximum atomic E-state index is 11.7. The summed E-state index contributed by atoms with van der Waals surface area (Å²) in [5.41, 5.74) is 2.39. The second-order valence-electron chi connectivity index (χ2n) is 8.45. The Hall–Kier alpha value is -1.51. The van der Waals surface area contributed by atoms with Gasteiger partial charge >= 0.3 is 0 Å². The van der Waals surface area contributed by atoms with E-state index in [0.29, 0.717) is 17.9 Å². The molecule has 0 saturated carbocycles. The second-order valence-corrected chi connectivity index (χ2v) is 11.0. The van der Waals surface area contributed by atoms with Crippen molar-refractivity contribution in [1.29, 1.82) is 0 Å². The Bertz CT molecular complexity index is 982. The average molecular weight is 409 g/mol. The van der Waals surface area contributed by atoms with Crippen molar-refractivity contribution in [3.05, 3.63) is 34.6 Å². The maximum absolute atomic E-state index is 11.7. The molecule has 0 N–H and O–H groups in total. The first-order valence-corrected chi connectivity index (χ1v) is 11.4. The van der Waals surface area contributed by atoms with Crippen molar-refractivity contribution < 1.29 is 8.42 Å². The highest BCUT2D eigenvalue weighted by atomic mass is 32.2. The molecule has 0 radical (unpaired) electrons. The lowest BCUT2D eigenvalue weighted by atomic mass is 9.87. The van der Waals surface area contributed by atoms with Crippen LogP contribution in [-0.4, -0.2) is 52.3 Å². The van der Waals surface area contributed by atoms with Crippen molar-refractivity contribution in [3.63, 3.8) is 0 Å². The lowest BCUT2D eigenvalue weighted by Crippen LogP contribution is -2.34. The summed E-state index contributed by atoms with van der Waals surface area (Å²) >= 11 is 5.56. The third-order valence-corrected chi connectivity index (χ3v) is 7.47. The first-order valence-electron chi connectivity index (χ1n) is 9.13. The van der Waals surface area contributed by atoms with Crippen LogP contribution in [0.15, 0.2) is 24.3 Å². The summed E-state index contributed by atoms with van der Waals surface area (Å²) in [6, 6.07) is 8.44. The topological polar surface area (TPSA) is 60.1 Å². The minimum Gasteiger partial charge on any atom is -0.303 e. The van der Waals surface area contributed by atoms with Crippen LogP contribution in [0.5, 0.6) is 0 Å². The molecule has 1 fully saturated rings. The minimum absolute atomic E-state index is 0.0217. The highest BCUT2D eigenvalue weighted by Gasteiger charge is 2.31. The Balaban J connectivity index is 1.83. The van der Waals surface area contributed by atoms with Crippen LogP contribution in [0.3, 0.4) is 0 Å². The zero-order valence-electron chi connectivity index (χ0n) is 16.6. The molecule has 1 aromatic carbocycles. The molecule has 0 aliphatic carbocycles. The van der Waals surface area contributed by atoms with Gasteiger partial charge in [-0.1, -0.05) is 45.0 Å². The van der Waals surface area contributed by atoms with Gasteiger partial charge in [0.05, 0.1) is 18.2 Å². The third kappa shape index (κ3) is 4.33. The fourth-order valence-corrected chi connectivity index (χ4v) is 5.39. The largest absolute Gasteiger partial charge is 0.303 e. The zero-order chi connectivity index (χ0) is 20.0. The van der Waals surface area contributed by atoms with Crippen LogP contribution in [-0.2, 0) is 29.0 Å². The summed E-state index contributed by atoms with van der Waals surface area (Å²) in [5.74, 6) is 1.29. The van der Waals surface area contributed by atoms with Gasteiger partial charge in [0.2, 0.25) is 0 Å². The lowest BCUT2D eigenvalue weighted by Gasteiger charge is -2.22. The molecular weight excluding hydrogens is 380 g/mol. The third-order valence-electron chi connectivity index (χ3n) is 5.24. The van der Waals surface area contributed by atoms with E-state index in [2.05, 4.69) is 45.0 Å². The quantitative estimate of drug-likeness (QED) is 0.728. The fourth-order valence-electron chi connectivity index (χ4n) is 3.40. The van der Waals surface area contributed by atoms with Gasteiger partial charge in [-0.15, -0.1) is 0 Å². The molecule has 1 atom stereocenters. The first-order chi connectivity index (χ1) is 12.5. The Morgan fingerprint density at radius 2 is 1.89 bits per heavy atom. The van der Waals surface area contributed by atoms with Gasteiger partial charge in [-0.05, 0) is 36.7 Å². The van der Waals surface area contributed by atoms with Gasteiger partial charge in [0.15, 0.2) is 20.4 Å². The number of nitrogens with zero attached hydrogens (tertiary/aromatic N) is 4. The van der Waals surface area contributed by atoms with Crippen LogP contribution < -0.4 is 0 Å². The van der Waals surface area contributed by atoms with E-state index < -0.39 is 9.84 Å². The predicted molar refractivity (Wildman–Crippen MR) is 111 cm³/mol. The molecule has 1 aromatic heterocycles. The molecule has 6 nitrogen and oxygen atoms in total. The summed E-state index contributed by atoms with van der Waals surface area (Å²) in [5, 5.41) is 4.70. The van der Waals surface area contributed by atoms with Crippen molar-refractivity contribution in [2.75, 3.05) is 18.6 Å². The van der Waals surface area contributed by atoms with Gasteiger partial charge in [0.25, 0.3) is 0 Å².